The Bertz CT molecular complexity index is 422. The van der Waals surface area contributed by atoms with Crippen LogP contribution in [0.15, 0.2) is 17.5 Å². The number of carbonyl (C=O) groups excluding carboxylic acids is 1. The fourth-order valence-corrected chi connectivity index (χ4v) is 2.93. The number of aliphatic hydroxyl groups excluding tert-OH is 1. The maximum atomic E-state index is 12.2. The minimum atomic E-state index is -0.0180. The Labute approximate surface area is 119 Å². The molecule has 0 saturated carbocycles. The Morgan fingerprint density at radius 1 is 1.47 bits per heavy atom. The van der Waals surface area contributed by atoms with Gasteiger partial charge in [0.25, 0.3) is 0 Å². The summed E-state index contributed by atoms with van der Waals surface area (Å²) in [6.07, 6.45) is 5.31. The molecule has 1 aromatic heterocycles. The second-order valence-corrected chi connectivity index (χ2v) is 5.47. The van der Waals surface area contributed by atoms with E-state index in [1.54, 1.807) is 22.3 Å². The van der Waals surface area contributed by atoms with Crippen LogP contribution in [0.25, 0.3) is 6.08 Å². The van der Waals surface area contributed by atoms with Gasteiger partial charge in [-0.1, -0.05) is 13.8 Å². The highest BCUT2D eigenvalue weighted by Crippen LogP contribution is 2.17. The van der Waals surface area contributed by atoms with Gasteiger partial charge in [0, 0.05) is 23.5 Å². The fourth-order valence-electron chi connectivity index (χ4n) is 2.11. The standard InChI is InChI=1S/C15H23NO2S/c1-4-13(5-2)16(9-10-17)15(18)7-6-14-12(3)8-11-19-14/h6-8,11,13,17H,4-5,9-10H2,1-3H3/b7-6+. The molecule has 0 radical (unpaired) electrons. The largest absolute Gasteiger partial charge is 0.395 e. The Kier molecular flexibility index (Phi) is 6.81. The molecule has 0 aromatic carbocycles. The number of hydrogen-bond donors (Lipinski definition) is 1. The predicted molar refractivity (Wildman–Crippen MR) is 81.3 cm³/mol. The van der Waals surface area contributed by atoms with Crippen LogP contribution in [0, 0.1) is 6.92 Å². The van der Waals surface area contributed by atoms with Gasteiger partial charge in [-0.2, -0.15) is 0 Å². The smallest absolute Gasteiger partial charge is 0.246 e. The van der Waals surface area contributed by atoms with Crippen molar-refractivity contribution in [2.75, 3.05) is 13.2 Å². The highest BCUT2D eigenvalue weighted by atomic mass is 32.1. The third kappa shape index (κ3) is 4.48. The summed E-state index contributed by atoms with van der Waals surface area (Å²) in [4.78, 5) is 15.1. The number of thiophene rings is 1. The lowest BCUT2D eigenvalue weighted by atomic mass is 10.1. The molecule has 0 aliphatic rings. The summed E-state index contributed by atoms with van der Waals surface area (Å²) in [5.41, 5.74) is 1.19. The molecule has 4 heteroatoms. The first kappa shape index (κ1) is 15.9. The second-order valence-electron chi connectivity index (χ2n) is 4.53. The third-order valence-corrected chi connectivity index (χ3v) is 4.27. The Balaban J connectivity index is 2.77. The molecule has 1 heterocycles. The molecule has 0 fully saturated rings. The summed E-state index contributed by atoms with van der Waals surface area (Å²) < 4.78 is 0. The number of amides is 1. The second kappa shape index (κ2) is 8.12. The van der Waals surface area contributed by atoms with Crippen LogP contribution < -0.4 is 0 Å². The predicted octanol–water partition coefficient (Wildman–Crippen LogP) is 3.08. The van der Waals surface area contributed by atoms with Crippen molar-refractivity contribution < 1.29 is 9.90 Å². The lowest BCUT2D eigenvalue weighted by Crippen LogP contribution is -2.40. The van der Waals surface area contributed by atoms with Gasteiger partial charge in [-0.25, -0.2) is 0 Å². The van der Waals surface area contributed by atoms with E-state index >= 15 is 0 Å². The Morgan fingerprint density at radius 2 is 2.16 bits per heavy atom. The highest BCUT2D eigenvalue weighted by Gasteiger charge is 2.18. The Morgan fingerprint density at radius 3 is 2.63 bits per heavy atom. The average Bonchev–Trinajstić information content (AvgIpc) is 2.82. The van der Waals surface area contributed by atoms with Crippen LogP contribution in [-0.4, -0.2) is 35.1 Å². The first-order valence-corrected chi connectivity index (χ1v) is 7.65. The molecule has 1 N–H and O–H groups in total. The maximum absolute atomic E-state index is 12.2. The molecule has 106 valence electrons. The van der Waals surface area contributed by atoms with Gasteiger partial charge in [-0.3, -0.25) is 4.79 Å². The van der Waals surface area contributed by atoms with Crippen molar-refractivity contribution in [1.29, 1.82) is 0 Å². The van der Waals surface area contributed by atoms with Gasteiger partial charge in [0.05, 0.1) is 6.61 Å². The summed E-state index contributed by atoms with van der Waals surface area (Å²) in [6, 6.07) is 2.25. The number of nitrogens with zero attached hydrogens (tertiary/aromatic N) is 1. The summed E-state index contributed by atoms with van der Waals surface area (Å²) in [5, 5.41) is 11.1. The van der Waals surface area contributed by atoms with Crippen LogP contribution in [0.5, 0.6) is 0 Å². The number of rotatable bonds is 7. The number of aryl methyl sites for hydroxylation is 1. The molecule has 1 rings (SSSR count). The average molecular weight is 281 g/mol. The molecule has 0 bridgehead atoms. The van der Waals surface area contributed by atoms with Crippen LogP contribution >= 0.6 is 11.3 Å². The zero-order chi connectivity index (χ0) is 14.3. The molecule has 19 heavy (non-hydrogen) atoms. The van der Waals surface area contributed by atoms with Crippen molar-refractivity contribution in [2.45, 2.75) is 39.7 Å². The van der Waals surface area contributed by atoms with Crippen LogP contribution in [0.4, 0.5) is 0 Å². The van der Waals surface area contributed by atoms with Gasteiger partial charge in [-0.15, -0.1) is 11.3 Å². The van der Waals surface area contributed by atoms with Crippen molar-refractivity contribution >= 4 is 23.3 Å². The zero-order valence-corrected chi connectivity index (χ0v) is 12.7. The molecule has 1 aromatic rings. The lowest BCUT2D eigenvalue weighted by Gasteiger charge is -2.28. The quantitative estimate of drug-likeness (QED) is 0.780. The SMILES string of the molecule is CCC(CC)N(CCO)C(=O)/C=C/c1sccc1C. The van der Waals surface area contributed by atoms with E-state index in [0.717, 1.165) is 17.7 Å². The molecule has 0 atom stereocenters. The normalized spacial score (nSPS) is 11.4. The third-order valence-electron chi connectivity index (χ3n) is 3.29. The first-order chi connectivity index (χ1) is 9.13. The van der Waals surface area contributed by atoms with E-state index in [-0.39, 0.29) is 18.6 Å². The van der Waals surface area contributed by atoms with Gasteiger partial charge in [0.2, 0.25) is 5.91 Å². The van der Waals surface area contributed by atoms with Crippen molar-refractivity contribution in [2.24, 2.45) is 0 Å². The van der Waals surface area contributed by atoms with E-state index < -0.39 is 0 Å². The first-order valence-electron chi connectivity index (χ1n) is 6.77. The Hall–Kier alpha value is -1.13. The van der Waals surface area contributed by atoms with E-state index in [0.29, 0.717) is 6.54 Å². The van der Waals surface area contributed by atoms with E-state index in [4.69, 9.17) is 5.11 Å². The van der Waals surface area contributed by atoms with E-state index in [1.165, 1.54) is 5.56 Å². The number of aliphatic hydroxyl groups is 1. The molecular formula is C15H23NO2S. The molecule has 3 nitrogen and oxygen atoms in total. The van der Waals surface area contributed by atoms with Gasteiger partial charge in [0.1, 0.15) is 0 Å². The topological polar surface area (TPSA) is 40.5 Å². The molecule has 0 aliphatic carbocycles. The molecule has 0 spiro atoms. The lowest BCUT2D eigenvalue weighted by molar-refractivity contribution is -0.128. The van der Waals surface area contributed by atoms with Gasteiger partial charge in [-0.05, 0) is 42.9 Å². The monoisotopic (exact) mass is 281 g/mol. The van der Waals surface area contributed by atoms with Crippen molar-refractivity contribution in [3.8, 4) is 0 Å². The minimum Gasteiger partial charge on any atom is -0.395 e. The van der Waals surface area contributed by atoms with Gasteiger partial charge >= 0.3 is 0 Å². The van der Waals surface area contributed by atoms with Crippen molar-refractivity contribution in [1.82, 2.24) is 4.90 Å². The van der Waals surface area contributed by atoms with Crippen LogP contribution in [0.2, 0.25) is 0 Å². The van der Waals surface area contributed by atoms with Crippen LogP contribution in [0.1, 0.15) is 37.1 Å². The summed E-state index contributed by atoms with van der Waals surface area (Å²) >= 11 is 1.63. The highest BCUT2D eigenvalue weighted by molar-refractivity contribution is 7.11. The minimum absolute atomic E-state index is 0.00805. The maximum Gasteiger partial charge on any atom is 0.246 e. The van der Waals surface area contributed by atoms with Gasteiger partial charge in [0.15, 0.2) is 0 Å². The summed E-state index contributed by atoms with van der Waals surface area (Å²) in [7, 11) is 0. The van der Waals surface area contributed by atoms with E-state index in [1.807, 2.05) is 24.4 Å². The molecule has 0 unspecified atom stereocenters. The molecular weight excluding hydrogens is 258 g/mol. The summed E-state index contributed by atoms with van der Waals surface area (Å²) in [5.74, 6) is -0.0180. The van der Waals surface area contributed by atoms with Crippen LogP contribution in [-0.2, 0) is 4.79 Å². The fraction of sp³-hybridized carbons (Fsp3) is 0.533. The zero-order valence-electron chi connectivity index (χ0n) is 11.9. The van der Waals surface area contributed by atoms with E-state index in [9.17, 15) is 4.79 Å². The van der Waals surface area contributed by atoms with Crippen molar-refractivity contribution in [3.63, 3.8) is 0 Å². The number of carbonyl (C=O) groups is 1. The van der Waals surface area contributed by atoms with Crippen molar-refractivity contribution in [3.05, 3.63) is 28.0 Å². The molecule has 0 saturated heterocycles. The van der Waals surface area contributed by atoms with Crippen LogP contribution in [0.3, 0.4) is 0 Å². The molecule has 1 amide bonds. The van der Waals surface area contributed by atoms with Gasteiger partial charge < -0.3 is 10.0 Å². The summed E-state index contributed by atoms with van der Waals surface area (Å²) in [6.45, 7) is 6.58. The number of hydrogen-bond acceptors (Lipinski definition) is 3. The van der Waals surface area contributed by atoms with E-state index in [2.05, 4.69) is 13.8 Å². The molecule has 0 aliphatic heterocycles.